The molecule has 6 nitrogen and oxygen atoms in total. The minimum atomic E-state index is 0.118. The summed E-state index contributed by atoms with van der Waals surface area (Å²) in [6.45, 7) is 2.36. The van der Waals surface area contributed by atoms with E-state index in [4.69, 9.17) is 11.6 Å². The number of nitrogens with zero attached hydrogens (tertiary/aromatic N) is 3. The molecular weight excluding hydrogens is 338 g/mol. The van der Waals surface area contributed by atoms with Crippen molar-refractivity contribution in [3.8, 4) is 0 Å². The number of nitrogens with one attached hydrogen (secondary N) is 2. The molecule has 0 bridgehead atoms. The van der Waals surface area contributed by atoms with Crippen molar-refractivity contribution in [1.82, 2.24) is 14.9 Å². The number of anilines is 2. The molecule has 132 valence electrons. The maximum atomic E-state index is 12.5. The van der Waals surface area contributed by atoms with Crippen molar-refractivity contribution in [3.63, 3.8) is 0 Å². The van der Waals surface area contributed by atoms with Gasteiger partial charge in [0.1, 0.15) is 12.0 Å². The maximum Gasteiger partial charge on any atom is 0.253 e. The molecule has 1 aliphatic heterocycles. The van der Waals surface area contributed by atoms with E-state index in [2.05, 4.69) is 20.6 Å². The minimum absolute atomic E-state index is 0.118. The number of halogens is 1. The highest BCUT2D eigenvalue weighted by molar-refractivity contribution is 6.32. The van der Waals surface area contributed by atoms with Gasteiger partial charge in [0.15, 0.2) is 11.0 Å². The summed E-state index contributed by atoms with van der Waals surface area (Å²) in [6.07, 6.45) is 3.39. The molecule has 1 aromatic carbocycles. The first-order chi connectivity index (χ1) is 12.2. The average molecular weight is 360 g/mol. The fourth-order valence-corrected chi connectivity index (χ4v) is 3.29. The van der Waals surface area contributed by atoms with Crippen molar-refractivity contribution in [2.45, 2.75) is 12.8 Å². The maximum absolute atomic E-state index is 12.5. The van der Waals surface area contributed by atoms with Crippen LogP contribution in [-0.2, 0) is 0 Å². The molecule has 1 saturated heterocycles. The zero-order valence-corrected chi connectivity index (χ0v) is 15.0. The third-order valence-electron chi connectivity index (χ3n) is 4.53. The van der Waals surface area contributed by atoms with Crippen LogP contribution in [0.25, 0.3) is 0 Å². The van der Waals surface area contributed by atoms with E-state index in [1.54, 1.807) is 7.05 Å². The Bertz CT molecular complexity index is 717. The van der Waals surface area contributed by atoms with Gasteiger partial charge in [-0.05, 0) is 30.9 Å². The van der Waals surface area contributed by atoms with Crippen LogP contribution in [0.3, 0.4) is 0 Å². The average Bonchev–Trinajstić information content (AvgIpc) is 2.67. The van der Waals surface area contributed by atoms with Crippen molar-refractivity contribution in [1.29, 1.82) is 0 Å². The van der Waals surface area contributed by atoms with Gasteiger partial charge in [-0.2, -0.15) is 0 Å². The minimum Gasteiger partial charge on any atom is -0.383 e. The van der Waals surface area contributed by atoms with E-state index in [1.807, 2.05) is 35.2 Å². The number of amides is 1. The van der Waals surface area contributed by atoms with Crippen LogP contribution < -0.4 is 10.6 Å². The van der Waals surface area contributed by atoms with Crippen LogP contribution in [0.5, 0.6) is 0 Å². The number of likely N-dealkylation sites (tertiary alicyclic amines) is 1. The van der Waals surface area contributed by atoms with E-state index in [0.29, 0.717) is 22.6 Å². The summed E-state index contributed by atoms with van der Waals surface area (Å²) >= 11 is 6.07. The highest BCUT2D eigenvalue weighted by Gasteiger charge is 2.23. The summed E-state index contributed by atoms with van der Waals surface area (Å²) in [6, 6.07) is 9.46. The smallest absolute Gasteiger partial charge is 0.253 e. The topological polar surface area (TPSA) is 70.2 Å². The molecule has 2 N–H and O–H groups in total. The van der Waals surface area contributed by atoms with E-state index in [9.17, 15) is 4.79 Å². The molecule has 0 radical (unpaired) electrons. The van der Waals surface area contributed by atoms with Crippen LogP contribution in [0.2, 0.25) is 5.15 Å². The van der Waals surface area contributed by atoms with Gasteiger partial charge in [-0.15, -0.1) is 0 Å². The Morgan fingerprint density at radius 1 is 1.24 bits per heavy atom. The molecule has 7 heteroatoms. The molecule has 3 rings (SSSR count). The second kappa shape index (κ2) is 8.16. The summed E-state index contributed by atoms with van der Waals surface area (Å²) in [7, 11) is 1.80. The molecule has 0 atom stereocenters. The number of rotatable bonds is 5. The number of carbonyl (C=O) groups excluding carboxylic acids is 1. The molecule has 0 saturated carbocycles. The quantitative estimate of drug-likeness (QED) is 0.802. The number of benzene rings is 1. The van der Waals surface area contributed by atoms with Gasteiger partial charge in [-0.25, -0.2) is 9.97 Å². The molecule has 1 amide bonds. The van der Waals surface area contributed by atoms with Crippen molar-refractivity contribution < 1.29 is 4.79 Å². The Kier molecular flexibility index (Phi) is 5.71. The van der Waals surface area contributed by atoms with Gasteiger partial charge in [0.2, 0.25) is 0 Å². The van der Waals surface area contributed by atoms with Gasteiger partial charge in [-0.3, -0.25) is 4.79 Å². The lowest BCUT2D eigenvalue weighted by atomic mass is 9.96. The van der Waals surface area contributed by atoms with Gasteiger partial charge in [0.25, 0.3) is 5.91 Å². The van der Waals surface area contributed by atoms with Gasteiger partial charge < -0.3 is 15.5 Å². The number of carbonyl (C=O) groups is 1. The van der Waals surface area contributed by atoms with Gasteiger partial charge in [0.05, 0.1) is 0 Å². The summed E-state index contributed by atoms with van der Waals surface area (Å²) in [4.78, 5) is 22.6. The normalized spacial score (nSPS) is 15.0. The Labute approximate surface area is 152 Å². The van der Waals surface area contributed by atoms with Crippen molar-refractivity contribution >= 4 is 29.0 Å². The number of piperidine rings is 1. The molecule has 1 aromatic heterocycles. The summed E-state index contributed by atoms with van der Waals surface area (Å²) in [5.41, 5.74) is 1.47. The molecule has 0 aliphatic carbocycles. The van der Waals surface area contributed by atoms with Gasteiger partial charge in [0, 0.05) is 32.2 Å². The van der Waals surface area contributed by atoms with Crippen molar-refractivity contribution in [3.05, 3.63) is 47.4 Å². The van der Waals surface area contributed by atoms with Crippen LogP contribution in [0.1, 0.15) is 23.2 Å². The first kappa shape index (κ1) is 17.5. The molecule has 2 aromatic rings. The summed E-state index contributed by atoms with van der Waals surface area (Å²) in [5.74, 6) is 1.33. The van der Waals surface area contributed by atoms with Crippen molar-refractivity contribution in [2.75, 3.05) is 37.3 Å². The number of aromatic nitrogens is 2. The lowest BCUT2D eigenvalue weighted by molar-refractivity contribution is 0.0695. The Balaban J connectivity index is 1.52. The highest BCUT2D eigenvalue weighted by atomic mass is 35.5. The van der Waals surface area contributed by atoms with Gasteiger partial charge in [-0.1, -0.05) is 29.8 Å². The first-order valence-corrected chi connectivity index (χ1v) is 8.83. The largest absolute Gasteiger partial charge is 0.383 e. The summed E-state index contributed by atoms with van der Waals surface area (Å²) in [5, 5.41) is 6.77. The van der Waals surface area contributed by atoms with Gasteiger partial charge >= 0.3 is 0 Å². The lowest BCUT2D eigenvalue weighted by Gasteiger charge is -2.32. The van der Waals surface area contributed by atoms with E-state index >= 15 is 0 Å². The van der Waals surface area contributed by atoms with Crippen LogP contribution in [0.15, 0.2) is 36.7 Å². The zero-order chi connectivity index (χ0) is 17.6. The third kappa shape index (κ3) is 4.20. The predicted molar refractivity (Wildman–Crippen MR) is 100 cm³/mol. The van der Waals surface area contributed by atoms with Crippen LogP contribution in [0.4, 0.5) is 11.5 Å². The molecule has 0 unspecified atom stereocenters. The monoisotopic (exact) mass is 359 g/mol. The van der Waals surface area contributed by atoms with E-state index in [0.717, 1.165) is 38.0 Å². The van der Waals surface area contributed by atoms with Crippen LogP contribution in [0, 0.1) is 5.92 Å². The number of hydrogen-bond donors (Lipinski definition) is 2. The summed E-state index contributed by atoms with van der Waals surface area (Å²) < 4.78 is 0. The van der Waals surface area contributed by atoms with Crippen molar-refractivity contribution in [2.24, 2.45) is 5.92 Å². The second-order valence-electron chi connectivity index (χ2n) is 6.12. The number of hydrogen-bond acceptors (Lipinski definition) is 5. The second-order valence-corrected chi connectivity index (χ2v) is 6.48. The molecular formula is C18H22ClN5O. The first-order valence-electron chi connectivity index (χ1n) is 8.45. The van der Waals surface area contributed by atoms with Crippen LogP contribution in [-0.4, -0.2) is 47.5 Å². The molecule has 1 fully saturated rings. The van der Waals surface area contributed by atoms with E-state index < -0.39 is 0 Å². The zero-order valence-electron chi connectivity index (χ0n) is 14.2. The van der Waals surface area contributed by atoms with E-state index in [1.165, 1.54) is 6.33 Å². The molecule has 2 heterocycles. The molecule has 0 spiro atoms. The van der Waals surface area contributed by atoms with Crippen LogP contribution >= 0.6 is 11.6 Å². The molecule has 1 aliphatic rings. The Hall–Kier alpha value is -2.34. The Morgan fingerprint density at radius 2 is 1.96 bits per heavy atom. The molecule has 25 heavy (non-hydrogen) atoms. The Morgan fingerprint density at radius 3 is 2.64 bits per heavy atom. The fourth-order valence-electron chi connectivity index (χ4n) is 3.06. The predicted octanol–water partition coefficient (Wildman–Crippen LogP) is 3.14. The van der Waals surface area contributed by atoms with E-state index in [-0.39, 0.29) is 5.91 Å². The third-order valence-corrected chi connectivity index (χ3v) is 4.82. The standard InChI is InChI=1S/C18H22ClN5O/c1-20-15-16(19)22-12-23-17(15)21-11-13-7-9-24(10-8-13)18(25)14-5-3-2-4-6-14/h2-6,12-13,20H,7-11H2,1H3,(H,21,22,23). The SMILES string of the molecule is CNc1c(Cl)ncnc1NCC1CCN(C(=O)c2ccccc2)CC1. The fraction of sp³-hybridized carbons (Fsp3) is 0.389. The highest BCUT2D eigenvalue weighted by Crippen LogP contribution is 2.26. The lowest BCUT2D eigenvalue weighted by Crippen LogP contribution is -2.39.